The highest BCUT2D eigenvalue weighted by Gasteiger charge is 2.03. The smallest absolute Gasteiger partial charge is 0.277 e. The number of hydrogen-bond donors (Lipinski definition) is 1. The number of nitrogens with one attached hydrogen (secondary N) is 1. The van der Waals surface area contributed by atoms with E-state index in [1.165, 1.54) is 24.1 Å². The average Bonchev–Trinajstić information content (AvgIpc) is 2.73. The van der Waals surface area contributed by atoms with Gasteiger partial charge in [-0.15, -0.1) is 0 Å². The van der Waals surface area contributed by atoms with Gasteiger partial charge in [-0.1, -0.05) is 37.6 Å². The van der Waals surface area contributed by atoms with Crippen LogP contribution >= 0.6 is 0 Å². The lowest BCUT2D eigenvalue weighted by molar-refractivity contribution is -0.123. The number of anilines is 1. The van der Waals surface area contributed by atoms with E-state index < -0.39 is 0 Å². The van der Waals surface area contributed by atoms with Crippen molar-refractivity contribution in [3.8, 4) is 5.75 Å². The standard InChI is InChI=1S/C23H31N3O2/c1-4-7-8-19-11-15-22(16-12-19)28-18-23(27)25-24-17-20-9-13-21(14-10-20)26(5-2)6-3/h9-17H,4-8,18H2,1-3H3,(H,25,27)/b24-17+. The number of carbonyl (C=O) groups excluding carboxylic acids is 1. The third-order valence-corrected chi connectivity index (χ3v) is 4.54. The van der Waals surface area contributed by atoms with E-state index in [2.05, 4.69) is 48.3 Å². The topological polar surface area (TPSA) is 53.9 Å². The minimum absolute atomic E-state index is 0.0630. The number of benzene rings is 2. The van der Waals surface area contributed by atoms with Crippen LogP contribution in [0.4, 0.5) is 5.69 Å². The number of carbonyl (C=O) groups is 1. The summed E-state index contributed by atoms with van der Waals surface area (Å²) in [6, 6.07) is 16.0. The fourth-order valence-electron chi connectivity index (χ4n) is 2.85. The summed E-state index contributed by atoms with van der Waals surface area (Å²) in [5, 5.41) is 4.00. The number of hydrogen-bond acceptors (Lipinski definition) is 4. The first-order chi connectivity index (χ1) is 13.7. The molecule has 0 unspecified atom stereocenters. The van der Waals surface area contributed by atoms with E-state index in [4.69, 9.17) is 4.74 Å². The second-order valence-corrected chi connectivity index (χ2v) is 6.59. The zero-order valence-corrected chi connectivity index (χ0v) is 17.1. The van der Waals surface area contributed by atoms with E-state index in [9.17, 15) is 4.79 Å². The lowest BCUT2D eigenvalue weighted by Crippen LogP contribution is -2.24. The van der Waals surface area contributed by atoms with Crippen molar-refractivity contribution in [3.05, 3.63) is 59.7 Å². The van der Waals surface area contributed by atoms with Gasteiger partial charge in [0.05, 0.1) is 6.21 Å². The highest BCUT2D eigenvalue weighted by Crippen LogP contribution is 2.15. The van der Waals surface area contributed by atoms with Gasteiger partial charge in [-0.25, -0.2) is 5.43 Å². The maximum atomic E-state index is 11.9. The zero-order chi connectivity index (χ0) is 20.2. The summed E-state index contributed by atoms with van der Waals surface area (Å²) in [6.07, 6.45) is 5.06. The Labute approximate surface area is 168 Å². The van der Waals surface area contributed by atoms with Gasteiger partial charge in [0.2, 0.25) is 0 Å². The van der Waals surface area contributed by atoms with Crippen molar-refractivity contribution in [1.29, 1.82) is 0 Å². The van der Waals surface area contributed by atoms with E-state index in [0.717, 1.165) is 25.1 Å². The van der Waals surface area contributed by atoms with Crippen molar-refractivity contribution in [2.75, 3.05) is 24.6 Å². The molecular formula is C23H31N3O2. The molecular weight excluding hydrogens is 350 g/mol. The SMILES string of the molecule is CCCCc1ccc(OCC(=O)N/N=C/c2ccc(N(CC)CC)cc2)cc1. The summed E-state index contributed by atoms with van der Waals surface area (Å²) in [5.74, 6) is 0.400. The van der Waals surface area contributed by atoms with Crippen LogP contribution in [0.1, 0.15) is 44.7 Å². The molecule has 0 aromatic heterocycles. The Bertz CT molecular complexity index is 735. The molecule has 0 fully saturated rings. The van der Waals surface area contributed by atoms with Gasteiger partial charge in [0.25, 0.3) is 5.91 Å². The molecule has 0 aliphatic carbocycles. The fraction of sp³-hybridized carbons (Fsp3) is 0.391. The average molecular weight is 382 g/mol. The molecule has 0 radical (unpaired) electrons. The van der Waals surface area contributed by atoms with Crippen molar-refractivity contribution in [3.63, 3.8) is 0 Å². The van der Waals surface area contributed by atoms with Crippen LogP contribution < -0.4 is 15.1 Å². The molecule has 0 heterocycles. The van der Waals surface area contributed by atoms with Crippen molar-refractivity contribution in [1.82, 2.24) is 5.43 Å². The molecule has 0 saturated carbocycles. The molecule has 0 spiro atoms. The van der Waals surface area contributed by atoms with E-state index in [0.29, 0.717) is 5.75 Å². The van der Waals surface area contributed by atoms with Gasteiger partial charge in [0, 0.05) is 18.8 Å². The van der Waals surface area contributed by atoms with E-state index in [1.807, 2.05) is 36.4 Å². The predicted molar refractivity (Wildman–Crippen MR) is 116 cm³/mol. The van der Waals surface area contributed by atoms with Crippen molar-refractivity contribution in [2.24, 2.45) is 5.10 Å². The minimum atomic E-state index is -0.286. The van der Waals surface area contributed by atoms with Gasteiger partial charge < -0.3 is 9.64 Å². The molecule has 28 heavy (non-hydrogen) atoms. The van der Waals surface area contributed by atoms with Crippen LogP contribution in [0.2, 0.25) is 0 Å². The maximum Gasteiger partial charge on any atom is 0.277 e. The van der Waals surface area contributed by atoms with Crippen LogP contribution in [0, 0.1) is 0 Å². The number of amides is 1. The zero-order valence-electron chi connectivity index (χ0n) is 17.1. The van der Waals surface area contributed by atoms with E-state index in [-0.39, 0.29) is 12.5 Å². The molecule has 0 aliphatic heterocycles. The molecule has 1 N–H and O–H groups in total. The van der Waals surface area contributed by atoms with E-state index >= 15 is 0 Å². The molecule has 1 amide bonds. The second-order valence-electron chi connectivity index (χ2n) is 6.59. The van der Waals surface area contributed by atoms with Gasteiger partial charge in [-0.3, -0.25) is 4.79 Å². The monoisotopic (exact) mass is 381 g/mol. The third kappa shape index (κ3) is 7.06. The summed E-state index contributed by atoms with van der Waals surface area (Å²) in [4.78, 5) is 14.2. The maximum absolute atomic E-state index is 11.9. The number of unbranched alkanes of at least 4 members (excludes halogenated alkanes) is 1. The first-order valence-electron chi connectivity index (χ1n) is 10.0. The molecule has 0 bridgehead atoms. The van der Waals surface area contributed by atoms with Crippen molar-refractivity contribution >= 4 is 17.8 Å². The largest absolute Gasteiger partial charge is 0.484 e. The van der Waals surface area contributed by atoms with Crippen molar-refractivity contribution in [2.45, 2.75) is 40.0 Å². The fourth-order valence-corrected chi connectivity index (χ4v) is 2.85. The molecule has 2 aromatic carbocycles. The van der Waals surface area contributed by atoms with Gasteiger partial charge in [-0.2, -0.15) is 5.10 Å². The summed E-state index contributed by atoms with van der Waals surface area (Å²) in [6.45, 7) is 8.34. The molecule has 0 atom stereocenters. The summed E-state index contributed by atoms with van der Waals surface area (Å²) in [5.41, 5.74) is 5.89. The molecule has 2 aromatic rings. The summed E-state index contributed by atoms with van der Waals surface area (Å²) >= 11 is 0. The normalized spacial score (nSPS) is 10.8. The Morgan fingerprint density at radius 2 is 1.71 bits per heavy atom. The Balaban J connectivity index is 1.75. The third-order valence-electron chi connectivity index (χ3n) is 4.54. The van der Waals surface area contributed by atoms with Gasteiger partial charge in [0.1, 0.15) is 5.75 Å². The summed E-state index contributed by atoms with van der Waals surface area (Å²) < 4.78 is 5.51. The molecule has 5 nitrogen and oxygen atoms in total. The van der Waals surface area contributed by atoms with Crippen LogP contribution in [-0.4, -0.2) is 31.8 Å². The lowest BCUT2D eigenvalue weighted by atomic mass is 10.1. The second kappa shape index (κ2) is 11.8. The number of aryl methyl sites for hydroxylation is 1. The Kier molecular flexibility index (Phi) is 9.05. The number of ether oxygens (including phenoxy) is 1. The molecule has 2 rings (SSSR count). The number of hydrazone groups is 1. The molecule has 5 heteroatoms. The van der Waals surface area contributed by atoms with E-state index in [1.54, 1.807) is 6.21 Å². The van der Waals surface area contributed by atoms with Gasteiger partial charge >= 0.3 is 0 Å². The first-order valence-corrected chi connectivity index (χ1v) is 10.0. The van der Waals surface area contributed by atoms with Crippen LogP contribution in [0.5, 0.6) is 5.75 Å². The number of rotatable bonds is 11. The number of nitrogens with zero attached hydrogens (tertiary/aromatic N) is 2. The lowest BCUT2D eigenvalue weighted by Gasteiger charge is -2.20. The van der Waals surface area contributed by atoms with Crippen LogP contribution in [0.15, 0.2) is 53.6 Å². The van der Waals surface area contributed by atoms with Gasteiger partial charge in [0.15, 0.2) is 6.61 Å². The Hall–Kier alpha value is -2.82. The quantitative estimate of drug-likeness (QED) is 0.463. The van der Waals surface area contributed by atoms with Crippen LogP contribution in [0.3, 0.4) is 0 Å². The van der Waals surface area contributed by atoms with Crippen LogP contribution in [-0.2, 0) is 11.2 Å². The Morgan fingerprint density at radius 1 is 1.04 bits per heavy atom. The molecule has 0 saturated heterocycles. The Morgan fingerprint density at radius 3 is 2.32 bits per heavy atom. The predicted octanol–water partition coefficient (Wildman–Crippen LogP) is 4.40. The van der Waals surface area contributed by atoms with Gasteiger partial charge in [-0.05, 0) is 62.1 Å². The molecule has 0 aliphatic rings. The molecule has 150 valence electrons. The van der Waals surface area contributed by atoms with Crippen LogP contribution in [0.25, 0.3) is 0 Å². The first kappa shape index (κ1) is 21.5. The highest BCUT2D eigenvalue weighted by atomic mass is 16.5. The van der Waals surface area contributed by atoms with Crippen molar-refractivity contribution < 1.29 is 9.53 Å². The summed E-state index contributed by atoms with van der Waals surface area (Å²) in [7, 11) is 0. The minimum Gasteiger partial charge on any atom is -0.484 e. The highest BCUT2D eigenvalue weighted by molar-refractivity contribution is 5.83.